The van der Waals surface area contributed by atoms with Crippen LogP contribution in [0.15, 0.2) is 0 Å². The van der Waals surface area contributed by atoms with Crippen LogP contribution < -0.4 is 0 Å². The summed E-state index contributed by atoms with van der Waals surface area (Å²) >= 11 is 0. The fourth-order valence-corrected chi connectivity index (χ4v) is 0. The molecule has 0 unspecified atom stereocenters. The van der Waals surface area contributed by atoms with E-state index in [0.29, 0.717) is 0 Å². The largest absolute Gasteiger partial charge is 2.00 e. The maximum absolute atomic E-state index is 8.56. The molecule has 0 atom stereocenters. The molecule has 0 saturated heterocycles. The first-order chi connectivity index (χ1) is 1.73. The van der Waals surface area contributed by atoms with Crippen LogP contribution in [0.2, 0.25) is 0 Å². The molecule has 0 amide bonds. The summed E-state index contributed by atoms with van der Waals surface area (Å²) in [5.74, 6) is 0. The second kappa shape index (κ2) is 15.6. The number of hydrogen-bond acceptors (Lipinski definition) is 1. The molecule has 0 bridgehead atoms. The topological polar surface area (TPSA) is 57.5 Å². The molecule has 44 valence electrons. The van der Waals surface area contributed by atoms with Crippen LogP contribution in [0.4, 0.5) is 4.79 Å². The number of carbonyl (C=O) groups is 1. The minimum Gasteiger partial charge on any atom is -1.00 e. The van der Waals surface area contributed by atoms with Crippen LogP contribution >= 0.6 is 0 Å². The van der Waals surface area contributed by atoms with E-state index in [1.54, 1.807) is 0 Å². The van der Waals surface area contributed by atoms with Crippen molar-refractivity contribution in [2.24, 2.45) is 0 Å². The zero-order valence-electron chi connectivity index (χ0n) is 5.22. The molecule has 0 aromatic carbocycles. The van der Waals surface area contributed by atoms with Gasteiger partial charge in [0.25, 0.3) is 0 Å². The standard InChI is InChI=1S/CH2O3.Ca.Co.Mn.2H/c2-1(3)4;;;;;/h(H2,2,3,4);;;;;/q;+2;;;2*-1. The summed E-state index contributed by atoms with van der Waals surface area (Å²) in [5, 5.41) is 13.9. The molecule has 0 aliphatic heterocycles. The Morgan fingerprint density at radius 3 is 1.43 bits per heavy atom. The molecule has 0 aromatic rings. The molecule has 0 spiro atoms. The molecular weight excluding hydrogens is 214 g/mol. The zero-order valence-corrected chi connectivity index (χ0v) is 7.65. The molecule has 0 aliphatic carbocycles. The van der Waals surface area contributed by atoms with Gasteiger partial charge in [-0.1, -0.05) is 0 Å². The summed E-state index contributed by atoms with van der Waals surface area (Å²) in [6.07, 6.45) is -1.83. The van der Waals surface area contributed by atoms with E-state index in [9.17, 15) is 0 Å². The third kappa shape index (κ3) is 96.4. The van der Waals surface area contributed by atoms with Crippen molar-refractivity contribution in [2.45, 2.75) is 0 Å². The Balaban J connectivity index is -0.00000000450. The first kappa shape index (κ1) is 23.5. The van der Waals surface area contributed by atoms with Gasteiger partial charge < -0.3 is 13.1 Å². The second-order valence-corrected chi connectivity index (χ2v) is 0.283. The van der Waals surface area contributed by atoms with E-state index in [0.717, 1.165) is 0 Å². The van der Waals surface area contributed by atoms with Gasteiger partial charge in [0.2, 0.25) is 0 Å². The fourth-order valence-electron chi connectivity index (χ4n) is 0. The Labute approximate surface area is 94.5 Å². The van der Waals surface area contributed by atoms with Crippen LogP contribution in [0.1, 0.15) is 2.85 Å². The van der Waals surface area contributed by atoms with Gasteiger partial charge in [0, 0.05) is 33.8 Å². The summed E-state index contributed by atoms with van der Waals surface area (Å²) in [4.78, 5) is 8.56. The van der Waals surface area contributed by atoms with Gasteiger partial charge in [0.05, 0.1) is 0 Å². The van der Waals surface area contributed by atoms with Crippen molar-refractivity contribution in [2.75, 3.05) is 0 Å². The first-order valence-electron chi connectivity index (χ1n) is 0.651. The Morgan fingerprint density at radius 2 is 1.43 bits per heavy atom. The molecule has 0 aliphatic rings. The van der Waals surface area contributed by atoms with E-state index < -0.39 is 6.16 Å². The van der Waals surface area contributed by atoms with Gasteiger partial charge in [0.15, 0.2) is 0 Å². The van der Waals surface area contributed by atoms with Crippen molar-refractivity contribution in [1.29, 1.82) is 0 Å². The average molecular weight is 218 g/mol. The molecule has 7 heavy (non-hydrogen) atoms. The quantitative estimate of drug-likeness (QED) is 0.565. The summed E-state index contributed by atoms with van der Waals surface area (Å²) in [6.45, 7) is 0. The van der Waals surface area contributed by atoms with Crippen molar-refractivity contribution in [3.8, 4) is 0 Å². The van der Waals surface area contributed by atoms with Crippen LogP contribution in [0.5, 0.6) is 0 Å². The molecule has 3 nitrogen and oxygen atoms in total. The summed E-state index contributed by atoms with van der Waals surface area (Å²) in [6, 6.07) is 0. The van der Waals surface area contributed by atoms with E-state index >= 15 is 0 Å². The monoisotopic (exact) mass is 218 g/mol. The number of carboxylic acid groups (broad SMARTS) is 2. The Bertz CT molecular complexity index is 44.8. The molecule has 0 fully saturated rings. The predicted molar refractivity (Wildman–Crippen MR) is 18.6 cm³/mol. The minimum absolute atomic E-state index is 0. The van der Waals surface area contributed by atoms with Gasteiger partial charge in [-0.3, -0.25) is 0 Å². The molecule has 2 radical (unpaired) electrons. The third-order valence-electron chi connectivity index (χ3n) is 0. The Kier molecular flexibility index (Phi) is 52.6. The van der Waals surface area contributed by atoms with Crippen molar-refractivity contribution in [3.05, 3.63) is 0 Å². The van der Waals surface area contributed by atoms with E-state index in [2.05, 4.69) is 0 Å². The summed E-state index contributed by atoms with van der Waals surface area (Å²) in [7, 11) is 0. The fraction of sp³-hybridized carbons (Fsp3) is 0. The van der Waals surface area contributed by atoms with Gasteiger partial charge in [-0.15, -0.1) is 0 Å². The molecule has 0 saturated carbocycles. The maximum Gasteiger partial charge on any atom is 2.00 e. The van der Waals surface area contributed by atoms with E-state index in [1.807, 2.05) is 0 Å². The SMILES string of the molecule is O=C(O)O.[Ca+2].[Co].[H-].[H-].[Mn]. The molecule has 6 heteroatoms. The van der Waals surface area contributed by atoms with Gasteiger partial charge in [-0.25, -0.2) is 4.79 Å². The minimum atomic E-state index is -1.83. The van der Waals surface area contributed by atoms with Crippen LogP contribution in [0.3, 0.4) is 0 Å². The van der Waals surface area contributed by atoms with Crippen LogP contribution in [-0.2, 0) is 33.8 Å². The van der Waals surface area contributed by atoms with Crippen molar-refractivity contribution < 1.29 is 51.7 Å². The molecule has 0 rings (SSSR count). The maximum atomic E-state index is 8.56. The zero-order chi connectivity index (χ0) is 3.58. The Hall–Kier alpha value is 1.56. The predicted octanol–water partition coefficient (Wildman–Crippen LogP) is 0.0616. The smallest absolute Gasteiger partial charge is 1.00 e. The molecular formula is CH4CaCoMnO3. The van der Waals surface area contributed by atoms with Crippen molar-refractivity contribution >= 4 is 43.9 Å². The van der Waals surface area contributed by atoms with Gasteiger partial charge in [-0.2, -0.15) is 0 Å². The number of rotatable bonds is 0. The first-order valence-corrected chi connectivity index (χ1v) is 0.651. The average Bonchev–Trinajstić information content (AvgIpc) is 0.811. The van der Waals surface area contributed by atoms with Crippen LogP contribution in [-0.4, -0.2) is 54.1 Å². The van der Waals surface area contributed by atoms with Gasteiger partial charge in [0.1, 0.15) is 0 Å². The summed E-state index contributed by atoms with van der Waals surface area (Å²) in [5.41, 5.74) is 0. The van der Waals surface area contributed by atoms with E-state index in [1.165, 1.54) is 0 Å². The molecule has 0 aromatic heterocycles. The summed E-state index contributed by atoms with van der Waals surface area (Å²) < 4.78 is 0. The van der Waals surface area contributed by atoms with Gasteiger partial charge >= 0.3 is 43.9 Å². The normalized spacial score (nSPS) is 3.43. The van der Waals surface area contributed by atoms with Crippen LogP contribution in [0, 0.1) is 0 Å². The second-order valence-electron chi connectivity index (χ2n) is 0.283. The van der Waals surface area contributed by atoms with Crippen molar-refractivity contribution in [3.63, 3.8) is 0 Å². The van der Waals surface area contributed by atoms with E-state index in [-0.39, 0.29) is 74.4 Å². The molecule has 0 heterocycles. The third-order valence-corrected chi connectivity index (χ3v) is 0. The number of hydrogen-bond donors (Lipinski definition) is 2. The van der Waals surface area contributed by atoms with Crippen molar-refractivity contribution in [1.82, 2.24) is 0 Å². The van der Waals surface area contributed by atoms with E-state index in [4.69, 9.17) is 15.0 Å². The molecule has 2 N–H and O–H groups in total. The Morgan fingerprint density at radius 1 is 1.43 bits per heavy atom. The van der Waals surface area contributed by atoms with Crippen LogP contribution in [0.25, 0.3) is 0 Å². The van der Waals surface area contributed by atoms with Gasteiger partial charge in [-0.05, 0) is 0 Å².